The van der Waals surface area contributed by atoms with E-state index in [1.807, 2.05) is 0 Å². The lowest BCUT2D eigenvalue weighted by Crippen LogP contribution is -2.39. The van der Waals surface area contributed by atoms with E-state index < -0.39 is 34.9 Å². The number of rotatable bonds is 9. The number of aromatic hydroxyl groups is 1. The average molecular weight is 434 g/mol. The third-order valence-corrected chi connectivity index (χ3v) is 4.90. The van der Waals surface area contributed by atoms with Gasteiger partial charge in [0, 0.05) is 24.1 Å². The first-order valence-corrected chi connectivity index (χ1v) is 9.21. The fourth-order valence-electron chi connectivity index (χ4n) is 3.22. The summed E-state index contributed by atoms with van der Waals surface area (Å²) in [6.07, 6.45) is 4.31. The molecule has 0 fully saturated rings. The van der Waals surface area contributed by atoms with Gasteiger partial charge in [-0.3, -0.25) is 4.79 Å². The van der Waals surface area contributed by atoms with Gasteiger partial charge in [0.2, 0.25) is 0 Å². The minimum atomic E-state index is -2.09. The molecule has 2 atom stereocenters. The second-order valence-corrected chi connectivity index (χ2v) is 6.91. The van der Waals surface area contributed by atoms with Crippen LogP contribution in [0.5, 0.6) is 5.75 Å². The summed E-state index contributed by atoms with van der Waals surface area (Å²) in [5.74, 6) is -4.26. The van der Waals surface area contributed by atoms with Crippen LogP contribution in [0, 0.1) is 11.6 Å². The molecule has 4 N–H and O–H groups in total. The maximum atomic E-state index is 15.1. The Balaban J connectivity index is 2.04. The Hall–Kier alpha value is -3.67. The fourth-order valence-corrected chi connectivity index (χ4v) is 3.22. The van der Waals surface area contributed by atoms with Gasteiger partial charge in [-0.2, -0.15) is 5.10 Å². The number of phenolic OH excluding ortho intramolecular Hbond substituents is 1. The van der Waals surface area contributed by atoms with E-state index in [2.05, 4.69) is 25.4 Å². The van der Waals surface area contributed by atoms with Crippen LogP contribution in [0.4, 0.5) is 14.5 Å². The van der Waals surface area contributed by atoms with Crippen LogP contribution in [-0.2, 0) is 16.9 Å². The summed E-state index contributed by atoms with van der Waals surface area (Å²) >= 11 is 0. The smallest absolute Gasteiger partial charge is 0.305 e. The van der Waals surface area contributed by atoms with Crippen LogP contribution >= 0.6 is 0 Å². The Bertz CT molecular complexity index is 1070. The Morgan fingerprint density at radius 2 is 2.03 bits per heavy atom. The Morgan fingerprint density at radius 1 is 1.26 bits per heavy atom. The molecule has 10 nitrogen and oxygen atoms in total. The normalized spacial score (nSPS) is 14.1. The van der Waals surface area contributed by atoms with Crippen LogP contribution < -0.4 is 5.32 Å². The summed E-state index contributed by atoms with van der Waals surface area (Å²) in [5, 5.41) is 37.2. The number of carboxylic acids is 1. The standard InChI is InChI=1S/C19H20F2N6O4/c1-11(18-14(21)6-22-8-25-18)19(31,7-27-10-23-9-26-27)12-4-16(28)15(5-13(12)20)24-3-2-17(29)30/h4-6,8-11,24,28,31H,2-3,7H2,1H3,(H,29,30)/t11-,19?/m0/s1. The number of hydrogen-bond acceptors (Lipinski definition) is 8. The molecular formula is C19H20F2N6O4. The second-order valence-electron chi connectivity index (χ2n) is 6.91. The highest BCUT2D eigenvalue weighted by Gasteiger charge is 2.42. The number of anilines is 1. The van der Waals surface area contributed by atoms with Crippen LogP contribution in [0.25, 0.3) is 0 Å². The molecule has 3 aromatic rings. The van der Waals surface area contributed by atoms with Crippen molar-refractivity contribution in [1.29, 1.82) is 0 Å². The minimum Gasteiger partial charge on any atom is -0.506 e. The molecule has 0 saturated heterocycles. The molecule has 0 amide bonds. The fraction of sp³-hybridized carbons (Fsp3) is 0.316. The van der Waals surface area contributed by atoms with E-state index in [9.17, 15) is 19.4 Å². The van der Waals surface area contributed by atoms with Gasteiger partial charge in [-0.15, -0.1) is 0 Å². The highest BCUT2D eigenvalue weighted by molar-refractivity contribution is 5.68. The molecule has 2 aromatic heterocycles. The van der Waals surface area contributed by atoms with Crippen molar-refractivity contribution < 1.29 is 28.9 Å². The molecule has 31 heavy (non-hydrogen) atoms. The van der Waals surface area contributed by atoms with Crippen LogP contribution in [0.2, 0.25) is 0 Å². The van der Waals surface area contributed by atoms with Crippen molar-refractivity contribution in [2.45, 2.75) is 31.4 Å². The number of phenols is 1. The number of hydrogen-bond donors (Lipinski definition) is 4. The maximum Gasteiger partial charge on any atom is 0.305 e. The largest absolute Gasteiger partial charge is 0.506 e. The van der Waals surface area contributed by atoms with Crippen LogP contribution in [0.3, 0.4) is 0 Å². The molecule has 0 aliphatic rings. The van der Waals surface area contributed by atoms with E-state index in [1.165, 1.54) is 24.3 Å². The number of halogens is 2. The predicted octanol–water partition coefficient (Wildman–Crippen LogP) is 1.63. The second kappa shape index (κ2) is 9.00. The van der Waals surface area contributed by atoms with Gasteiger partial charge < -0.3 is 20.6 Å². The van der Waals surface area contributed by atoms with Gasteiger partial charge in [-0.25, -0.2) is 28.4 Å². The summed E-state index contributed by atoms with van der Waals surface area (Å²) in [4.78, 5) is 21.9. The molecule has 0 radical (unpaired) electrons. The van der Waals surface area contributed by atoms with Crippen molar-refractivity contribution in [2.75, 3.05) is 11.9 Å². The van der Waals surface area contributed by atoms with E-state index in [-0.39, 0.29) is 36.5 Å². The molecule has 0 saturated carbocycles. The van der Waals surface area contributed by atoms with Crippen molar-refractivity contribution in [2.24, 2.45) is 0 Å². The quantitative estimate of drug-likeness (QED) is 0.369. The molecule has 3 rings (SSSR count). The van der Waals surface area contributed by atoms with Crippen molar-refractivity contribution in [3.8, 4) is 5.75 Å². The summed E-state index contributed by atoms with van der Waals surface area (Å²) in [5.41, 5.74) is -2.62. The first-order valence-electron chi connectivity index (χ1n) is 9.21. The van der Waals surface area contributed by atoms with Crippen molar-refractivity contribution in [3.63, 3.8) is 0 Å². The Labute approximate surface area is 175 Å². The molecule has 164 valence electrons. The molecule has 0 aliphatic carbocycles. The number of benzene rings is 1. The summed E-state index contributed by atoms with van der Waals surface area (Å²) < 4.78 is 30.7. The van der Waals surface area contributed by atoms with Gasteiger partial charge in [0.05, 0.1) is 30.5 Å². The number of aliphatic carboxylic acids is 1. The number of carbonyl (C=O) groups is 1. The van der Waals surface area contributed by atoms with E-state index in [0.717, 1.165) is 24.7 Å². The van der Waals surface area contributed by atoms with Crippen LogP contribution in [0.1, 0.15) is 30.5 Å². The highest BCUT2D eigenvalue weighted by Crippen LogP contribution is 2.42. The average Bonchev–Trinajstić information content (AvgIpc) is 3.22. The minimum absolute atomic E-state index is 0.0482. The maximum absolute atomic E-state index is 15.1. The third kappa shape index (κ3) is 4.74. The molecule has 2 heterocycles. The topological polar surface area (TPSA) is 146 Å². The lowest BCUT2D eigenvalue weighted by Gasteiger charge is -2.34. The lowest BCUT2D eigenvalue weighted by atomic mass is 9.79. The van der Waals surface area contributed by atoms with Gasteiger partial charge in [0.15, 0.2) is 5.82 Å². The van der Waals surface area contributed by atoms with Crippen molar-refractivity contribution >= 4 is 11.7 Å². The zero-order valence-corrected chi connectivity index (χ0v) is 16.4. The van der Waals surface area contributed by atoms with Gasteiger partial charge in [-0.1, -0.05) is 6.92 Å². The molecule has 12 heteroatoms. The first kappa shape index (κ1) is 22.0. The Kier molecular flexibility index (Phi) is 6.39. The number of aliphatic hydroxyl groups is 1. The highest BCUT2D eigenvalue weighted by atomic mass is 19.1. The summed E-state index contributed by atoms with van der Waals surface area (Å²) in [7, 11) is 0. The molecular weight excluding hydrogens is 414 g/mol. The Morgan fingerprint density at radius 3 is 2.68 bits per heavy atom. The number of aromatic nitrogens is 5. The summed E-state index contributed by atoms with van der Waals surface area (Å²) in [6.45, 7) is 1.09. The lowest BCUT2D eigenvalue weighted by molar-refractivity contribution is -0.136. The third-order valence-electron chi connectivity index (χ3n) is 4.90. The summed E-state index contributed by atoms with van der Waals surface area (Å²) in [6, 6.07) is 1.94. The molecule has 0 spiro atoms. The number of nitrogens with one attached hydrogen (secondary N) is 1. The van der Waals surface area contributed by atoms with Crippen LogP contribution in [0.15, 0.2) is 37.3 Å². The van der Waals surface area contributed by atoms with E-state index >= 15 is 4.39 Å². The van der Waals surface area contributed by atoms with Gasteiger partial charge in [0.1, 0.15) is 36.1 Å². The van der Waals surface area contributed by atoms with Gasteiger partial charge >= 0.3 is 5.97 Å². The van der Waals surface area contributed by atoms with E-state index in [4.69, 9.17) is 5.11 Å². The molecule has 0 aliphatic heterocycles. The number of carboxylic acid groups (broad SMARTS) is 1. The first-order chi connectivity index (χ1) is 14.7. The van der Waals surface area contributed by atoms with Gasteiger partial charge in [-0.05, 0) is 6.07 Å². The van der Waals surface area contributed by atoms with E-state index in [0.29, 0.717) is 0 Å². The SMILES string of the molecule is C[C@@H](c1ncncc1F)C(O)(Cn1cncn1)c1cc(O)c(NCCC(=O)O)cc1F. The predicted molar refractivity (Wildman–Crippen MR) is 103 cm³/mol. The zero-order chi connectivity index (χ0) is 22.6. The van der Waals surface area contributed by atoms with Gasteiger partial charge in [0.25, 0.3) is 0 Å². The van der Waals surface area contributed by atoms with E-state index in [1.54, 1.807) is 0 Å². The van der Waals surface area contributed by atoms with Crippen molar-refractivity contribution in [1.82, 2.24) is 24.7 Å². The number of nitrogens with zero attached hydrogens (tertiary/aromatic N) is 5. The monoisotopic (exact) mass is 434 g/mol. The van der Waals surface area contributed by atoms with Crippen LogP contribution in [-0.4, -0.2) is 52.6 Å². The zero-order valence-electron chi connectivity index (χ0n) is 16.4. The molecule has 1 unspecified atom stereocenters. The molecule has 1 aromatic carbocycles. The van der Waals surface area contributed by atoms with Crippen molar-refractivity contribution in [3.05, 3.63) is 60.2 Å². The molecule has 0 bridgehead atoms.